The number of nitrogen functional groups attached to an aromatic ring is 1. The first kappa shape index (κ1) is 12.7. The molecule has 0 unspecified atom stereocenters. The number of hydrogen-bond acceptors (Lipinski definition) is 3. The Morgan fingerprint density at radius 2 is 1.89 bits per heavy atom. The number of carbonyl (C=O) groups is 1. The molecule has 1 aliphatic rings. The highest BCUT2D eigenvalue weighted by Crippen LogP contribution is 2.34. The van der Waals surface area contributed by atoms with Crippen molar-refractivity contribution in [2.45, 2.75) is 26.7 Å². The summed E-state index contributed by atoms with van der Waals surface area (Å²) in [5, 5.41) is 0. The number of carbonyl (C=O) groups excluding carboxylic acids is 1. The topological polar surface area (TPSA) is 72.3 Å². The van der Waals surface area contributed by atoms with Gasteiger partial charge in [0.05, 0.1) is 11.4 Å². The Labute approximate surface area is 108 Å². The Morgan fingerprint density at radius 3 is 2.44 bits per heavy atom. The van der Waals surface area contributed by atoms with Gasteiger partial charge in [-0.1, -0.05) is 13.8 Å². The SMILES string of the molecule is CC1(C)CCN(c2cc(C(N)=O)ccc2N)CC1. The molecule has 4 heteroatoms. The molecule has 0 bridgehead atoms. The predicted molar refractivity (Wildman–Crippen MR) is 74.6 cm³/mol. The number of anilines is 2. The molecule has 4 N–H and O–H groups in total. The van der Waals surface area contributed by atoms with E-state index >= 15 is 0 Å². The summed E-state index contributed by atoms with van der Waals surface area (Å²) in [6.07, 6.45) is 2.26. The van der Waals surface area contributed by atoms with E-state index in [1.54, 1.807) is 18.2 Å². The third-order valence-electron chi connectivity index (χ3n) is 3.77. The summed E-state index contributed by atoms with van der Waals surface area (Å²) in [5.74, 6) is -0.409. The van der Waals surface area contributed by atoms with E-state index in [1.807, 2.05) is 0 Å². The van der Waals surface area contributed by atoms with Gasteiger partial charge < -0.3 is 16.4 Å². The third kappa shape index (κ3) is 2.58. The van der Waals surface area contributed by atoms with E-state index < -0.39 is 5.91 Å². The van der Waals surface area contributed by atoms with E-state index in [0.29, 0.717) is 16.7 Å². The monoisotopic (exact) mass is 247 g/mol. The van der Waals surface area contributed by atoms with Gasteiger partial charge in [0, 0.05) is 18.7 Å². The lowest BCUT2D eigenvalue weighted by Gasteiger charge is -2.38. The van der Waals surface area contributed by atoms with Gasteiger partial charge in [0.15, 0.2) is 0 Å². The minimum atomic E-state index is -0.409. The quantitative estimate of drug-likeness (QED) is 0.785. The second-order valence-corrected chi connectivity index (χ2v) is 5.79. The molecule has 0 aromatic heterocycles. The number of amides is 1. The van der Waals surface area contributed by atoms with Crippen molar-refractivity contribution in [3.63, 3.8) is 0 Å². The molecule has 1 aliphatic heterocycles. The average Bonchev–Trinajstić information content (AvgIpc) is 2.30. The first-order chi connectivity index (χ1) is 8.39. The van der Waals surface area contributed by atoms with E-state index in [9.17, 15) is 4.79 Å². The van der Waals surface area contributed by atoms with Crippen LogP contribution in [0.3, 0.4) is 0 Å². The number of benzene rings is 1. The first-order valence-corrected chi connectivity index (χ1v) is 6.33. The van der Waals surface area contributed by atoms with Crippen LogP contribution in [0.2, 0.25) is 0 Å². The lowest BCUT2D eigenvalue weighted by atomic mass is 9.82. The molecule has 0 spiro atoms. The van der Waals surface area contributed by atoms with E-state index in [1.165, 1.54) is 0 Å². The number of nitrogens with zero attached hydrogens (tertiary/aromatic N) is 1. The highest BCUT2D eigenvalue weighted by Gasteiger charge is 2.26. The molecular weight excluding hydrogens is 226 g/mol. The maximum absolute atomic E-state index is 11.2. The fourth-order valence-electron chi connectivity index (χ4n) is 2.32. The molecule has 2 rings (SSSR count). The summed E-state index contributed by atoms with van der Waals surface area (Å²) < 4.78 is 0. The Hall–Kier alpha value is -1.71. The Bertz CT molecular complexity index is 458. The summed E-state index contributed by atoms with van der Waals surface area (Å²) >= 11 is 0. The third-order valence-corrected chi connectivity index (χ3v) is 3.77. The molecule has 1 aromatic rings. The fraction of sp³-hybridized carbons (Fsp3) is 0.500. The molecule has 1 heterocycles. The molecular formula is C14H21N3O. The summed E-state index contributed by atoms with van der Waals surface area (Å²) in [6.45, 7) is 6.51. The van der Waals surface area contributed by atoms with Gasteiger partial charge in [-0.3, -0.25) is 4.79 Å². The maximum Gasteiger partial charge on any atom is 0.248 e. The lowest BCUT2D eigenvalue weighted by molar-refractivity contribution is 0.100. The van der Waals surface area contributed by atoms with Gasteiger partial charge in [0.25, 0.3) is 0 Å². The van der Waals surface area contributed by atoms with Gasteiger partial charge in [-0.2, -0.15) is 0 Å². The molecule has 18 heavy (non-hydrogen) atoms. The molecule has 0 radical (unpaired) electrons. The molecule has 0 aliphatic carbocycles. The zero-order chi connectivity index (χ0) is 13.3. The van der Waals surface area contributed by atoms with Crippen molar-refractivity contribution in [1.29, 1.82) is 0 Å². The minimum absolute atomic E-state index is 0.395. The lowest BCUT2D eigenvalue weighted by Crippen LogP contribution is -2.37. The molecule has 0 saturated carbocycles. The van der Waals surface area contributed by atoms with E-state index in [0.717, 1.165) is 31.6 Å². The minimum Gasteiger partial charge on any atom is -0.397 e. The Balaban J connectivity index is 2.23. The van der Waals surface area contributed by atoms with E-state index in [4.69, 9.17) is 11.5 Å². The maximum atomic E-state index is 11.2. The van der Waals surface area contributed by atoms with Crippen LogP contribution >= 0.6 is 0 Å². The van der Waals surface area contributed by atoms with Gasteiger partial charge in [-0.05, 0) is 36.5 Å². The Kier molecular flexibility index (Phi) is 3.20. The normalized spacial score (nSPS) is 18.7. The molecule has 1 aromatic carbocycles. The zero-order valence-electron chi connectivity index (χ0n) is 11.1. The fourth-order valence-corrected chi connectivity index (χ4v) is 2.32. The smallest absolute Gasteiger partial charge is 0.248 e. The molecule has 1 saturated heterocycles. The van der Waals surface area contributed by atoms with Crippen molar-refractivity contribution < 1.29 is 4.79 Å². The summed E-state index contributed by atoms with van der Waals surface area (Å²) in [4.78, 5) is 13.5. The summed E-state index contributed by atoms with van der Waals surface area (Å²) in [7, 11) is 0. The Morgan fingerprint density at radius 1 is 1.28 bits per heavy atom. The van der Waals surface area contributed by atoms with Crippen LogP contribution in [0.5, 0.6) is 0 Å². The van der Waals surface area contributed by atoms with Crippen molar-refractivity contribution in [3.8, 4) is 0 Å². The summed E-state index contributed by atoms with van der Waals surface area (Å²) in [6, 6.07) is 5.24. The van der Waals surface area contributed by atoms with Gasteiger partial charge in [0.1, 0.15) is 0 Å². The van der Waals surface area contributed by atoms with Crippen LogP contribution in [-0.4, -0.2) is 19.0 Å². The number of piperidine rings is 1. The van der Waals surface area contributed by atoms with Crippen LogP contribution in [0.25, 0.3) is 0 Å². The predicted octanol–water partition coefficient (Wildman–Crippen LogP) is 1.99. The van der Waals surface area contributed by atoms with E-state index in [2.05, 4.69) is 18.7 Å². The van der Waals surface area contributed by atoms with Crippen molar-refractivity contribution >= 4 is 17.3 Å². The molecule has 4 nitrogen and oxygen atoms in total. The highest BCUT2D eigenvalue weighted by atomic mass is 16.1. The number of primary amides is 1. The molecule has 1 amide bonds. The molecule has 98 valence electrons. The highest BCUT2D eigenvalue weighted by molar-refractivity contribution is 5.95. The van der Waals surface area contributed by atoms with Crippen LogP contribution in [-0.2, 0) is 0 Å². The second kappa shape index (κ2) is 4.52. The number of rotatable bonds is 2. The molecule has 0 atom stereocenters. The van der Waals surface area contributed by atoms with Gasteiger partial charge in [-0.15, -0.1) is 0 Å². The van der Waals surface area contributed by atoms with Crippen LogP contribution in [0, 0.1) is 5.41 Å². The first-order valence-electron chi connectivity index (χ1n) is 6.33. The van der Waals surface area contributed by atoms with Crippen LogP contribution < -0.4 is 16.4 Å². The van der Waals surface area contributed by atoms with Gasteiger partial charge in [-0.25, -0.2) is 0 Å². The zero-order valence-corrected chi connectivity index (χ0v) is 11.1. The number of nitrogens with two attached hydrogens (primary N) is 2. The average molecular weight is 247 g/mol. The van der Waals surface area contributed by atoms with Gasteiger partial charge in [0.2, 0.25) is 5.91 Å². The van der Waals surface area contributed by atoms with Gasteiger partial charge >= 0.3 is 0 Å². The van der Waals surface area contributed by atoms with Crippen LogP contribution in [0.15, 0.2) is 18.2 Å². The van der Waals surface area contributed by atoms with Crippen LogP contribution in [0.1, 0.15) is 37.0 Å². The summed E-state index contributed by atoms with van der Waals surface area (Å²) in [5.41, 5.74) is 13.9. The standard InChI is InChI=1S/C14H21N3O/c1-14(2)5-7-17(8-6-14)12-9-10(13(16)18)3-4-11(12)15/h3-4,9H,5-8,15H2,1-2H3,(H2,16,18). The largest absolute Gasteiger partial charge is 0.397 e. The van der Waals surface area contributed by atoms with Crippen LogP contribution in [0.4, 0.5) is 11.4 Å². The van der Waals surface area contributed by atoms with E-state index in [-0.39, 0.29) is 0 Å². The second-order valence-electron chi connectivity index (χ2n) is 5.79. The number of hydrogen-bond donors (Lipinski definition) is 2. The van der Waals surface area contributed by atoms with Crippen molar-refractivity contribution in [1.82, 2.24) is 0 Å². The van der Waals surface area contributed by atoms with Crippen molar-refractivity contribution in [3.05, 3.63) is 23.8 Å². The van der Waals surface area contributed by atoms with Crippen molar-refractivity contribution in [2.24, 2.45) is 11.1 Å². The van der Waals surface area contributed by atoms with Crippen molar-refractivity contribution in [2.75, 3.05) is 23.7 Å². The molecule has 1 fully saturated rings.